The van der Waals surface area contributed by atoms with E-state index in [0.717, 1.165) is 18.2 Å². The fourth-order valence-corrected chi connectivity index (χ4v) is 3.19. The molecule has 0 radical (unpaired) electrons. The Kier molecular flexibility index (Phi) is 5.68. The Bertz CT molecular complexity index is 1090. The molecule has 152 valence electrons. The monoisotopic (exact) mass is 401 g/mol. The van der Waals surface area contributed by atoms with Crippen LogP contribution < -0.4 is 0 Å². The molecule has 0 spiro atoms. The SMILES string of the molecule is CC[C@H](C)OC(=O)Cc1c(C)n(C(=O)c2ccc(F)cc2)c2cc(F)c(O)cc12. The fraction of sp³-hybridized carbons (Fsp3) is 0.273. The molecule has 0 amide bonds. The zero-order valence-electron chi connectivity index (χ0n) is 16.3. The third-order valence-electron chi connectivity index (χ3n) is 4.93. The van der Waals surface area contributed by atoms with Gasteiger partial charge in [-0.15, -0.1) is 0 Å². The van der Waals surface area contributed by atoms with Gasteiger partial charge in [0.2, 0.25) is 0 Å². The van der Waals surface area contributed by atoms with E-state index in [4.69, 9.17) is 4.74 Å². The standard InChI is InChI=1S/C22H21F2NO4/c1-4-12(2)29-21(27)10-16-13(3)25(19-11-18(24)20(26)9-17(16)19)22(28)14-5-7-15(23)8-6-14/h5-9,11-12,26H,4,10H2,1-3H3/t12-/m0/s1. The lowest BCUT2D eigenvalue weighted by atomic mass is 10.1. The van der Waals surface area contributed by atoms with E-state index in [1.54, 1.807) is 13.8 Å². The van der Waals surface area contributed by atoms with Crippen molar-refractivity contribution in [1.29, 1.82) is 0 Å². The van der Waals surface area contributed by atoms with Crippen LogP contribution in [0.3, 0.4) is 0 Å². The molecule has 0 aliphatic rings. The molecule has 0 fully saturated rings. The summed E-state index contributed by atoms with van der Waals surface area (Å²) in [6, 6.07) is 7.21. The molecule has 0 saturated carbocycles. The number of carbonyl (C=O) groups is 2. The van der Waals surface area contributed by atoms with Crippen molar-refractivity contribution in [3.05, 3.63) is 64.9 Å². The molecule has 0 bridgehead atoms. The van der Waals surface area contributed by atoms with Crippen LogP contribution in [-0.2, 0) is 16.0 Å². The topological polar surface area (TPSA) is 68.5 Å². The molecule has 1 N–H and O–H groups in total. The first-order valence-corrected chi connectivity index (χ1v) is 9.25. The minimum absolute atomic E-state index is 0.137. The van der Waals surface area contributed by atoms with Crippen LogP contribution in [-0.4, -0.2) is 27.7 Å². The van der Waals surface area contributed by atoms with Crippen molar-refractivity contribution in [2.45, 2.75) is 39.7 Å². The quantitative estimate of drug-likeness (QED) is 0.639. The minimum atomic E-state index is -0.892. The largest absolute Gasteiger partial charge is 0.505 e. The second kappa shape index (κ2) is 8.03. The van der Waals surface area contributed by atoms with Crippen LogP contribution in [0.5, 0.6) is 5.75 Å². The number of esters is 1. The lowest BCUT2D eigenvalue weighted by Gasteiger charge is -2.11. The number of hydrogen-bond donors (Lipinski definition) is 1. The Morgan fingerprint density at radius 3 is 2.45 bits per heavy atom. The number of hydrogen-bond acceptors (Lipinski definition) is 4. The van der Waals surface area contributed by atoms with E-state index >= 15 is 0 Å². The predicted molar refractivity (Wildman–Crippen MR) is 104 cm³/mol. The van der Waals surface area contributed by atoms with Crippen molar-refractivity contribution in [2.24, 2.45) is 0 Å². The van der Waals surface area contributed by atoms with E-state index in [0.29, 0.717) is 23.1 Å². The number of carbonyl (C=O) groups excluding carboxylic acids is 2. The molecular formula is C22H21F2NO4. The van der Waals surface area contributed by atoms with Crippen molar-refractivity contribution >= 4 is 22.8 Å². The zero-order valence-corrected chi connectivity index (χ0v) is 16.3. The first kappa shape index (κ1) is 20.5. The number of phenolic OH excluding ortho intramolecular Hbond substituents is 1. The van der Waals surface area contributed by atoms with Crippen LogP contribution in [0.4, 0.5) is 8.78 Å². The average Bonchev–Trinajstić information content (AvgIpc) is 2.93. The van der Waals surface area contributed by atoms with Gasteiger partial charge in [-0.1, -0.05) is 6.92 Å². The second-order valence-corrected chi connectivity index (χ2v) is 6.92. The summed E-state index contributed by atoms with van der Waals surface area (Å²) in [5.74, 6) is -2.95. The Morgan fingerprint density at radius 1 is 1.17 bits per heavy atom. The van der Waals surface area contributed by atoms with E-state index in [1.807, 2.05) is 6.92 Å². The molecular weight excluding hydrogens is 380 g/mol. The van der Waals surface area contributed by atoms with Gasteiger partial charge in [-0.2, -0.15) is 0 Å². The predicted octanol–water partition coefficient (Wildman–Crippen LogP) is 4.51. The number of halogens is 2. The van der Waals surface area contributed by atoms with Crippen molar-refractivity contribution in [1.82, 2.24) is 4.57 Å². The molecule has 2 aromatic carbocycles. The van der Waals surface area contributed by atoms with Gasteiger partial charge in [0.1, 0.15) is 5.82 Å². The van der Waals surface area contributed by atoms with Gasteiger partial charge in [0.05, 0.1) is 18.0 Å². The maximum atomic E-state index is 14.1. The lowest BCUT2D eigenvalue weighted by Crippen LogP contribution is -2.17. The van der Waals surface area contributed by atoms with Gasteiger partial charge in [-0.05, 0) is 56.2 Å². The summed E-state index contributed by atoms with van der Waals surface area (Å²) in [7, 11) is 0. The number of benzene rings is 2. The molecule has 7 heteroatoms. The van der Waals surface area contributed by atoms with Gasteiger partial charge >= 0.3 is 5.97 Å². The highest BCUT2D eigenvalue weighted by molar-refractivity contribution is 6.05. The van der Waals surface area contributed by atoms with E-state index in [9.17, 15) is 23.5 Å². The van der Waals surface area contributed by atoms with Crippen LogP contribution in [0, 0.1) is 18.6 Å². The molecule has 0 unspecified atom stereocenters. The average molecular weight is 401 g/mol. The van der Waals surface area contributed by atoms with Gasteiger partial charge in [-0.3, -0.25) is 14.2 Å². The summed E-state index contributed by atoms with van der Waals surface area (Å²) in [4.78, 5) is 25.4. The third kappa shape index (κ3) is 3.99. The summed E-state index contributed by atoms with van der Waals surface area (Å²) in [6.07, 6.45) is 0.256. The van der Waals surface area contributed by atoms with Crippen molar-refractivity contribution < 1.29 is 28.2 Å². The first-order valence-electron chi connectivity index (χ1n) is 9.25. The Balaban J connectivity index is 2.13. The number of aromatic hydroxyl groups is 1. The molecule has 1 heterocycles. The van der Waals surface area contributed by atoms with E-state index in [2.05, 4.69) is 0 Å². The molecule has 3 aromatic rings. The molecule has 3 rings (SSSR count). The molecule has 1 aromatic heterocycles. The highest BCUT2D eigenvalue weighted by Gasteiger charge is 2.24. The van der Waals surface area contributed by atoms with Gasteiger partial charge < -0.3 is 9.84 Å². The van der Waals surface area contributed by atoms with E-state index in [1.165, 1.54) is 22.8 Å². The van der Waals surface area contributed by atoms with Crippen molar-refractivity contribution in [2.75, 3.05) is 0 Å². The van der Waals surface area contributed by atoms with Crippen LogP contribution in [0.2, 0.25) is 0 Å². The molecule has 0 aliphatic heterocycles. The summed E-state index contributed by atoms with van der Waals surface area (Å²) in [5, 5.41) is 10.2. The van der Waals surface area contributed by atoms with Gasteiger partial charge in [0, 0.05) is 22.7 Å². The first-order chi connectivity index (χ1) is 13.7. The van der Waals surface area contributed by atoms with Crippen molar-refractivity contribution in [3.63, 3.8) is 0 Å². The maximum absolute atomic E-state index is 14.1. The van der Waals surface area contributed by atoms with Gasteiger partial charge in [0.15, 0.2) is 11.6 Å². The number of rotatable bonds is 5. The van der Waals surface area contributed by atoms with E-state index < -0.39 is 29.3 Å². The molecule has 1 atom stereocenters. The van der Waals surface area contributed by atoms with Crippen LogP contribution in [0.25, 0.3) is 10.9 Å². The normalized spacial score (nSPS) is 12.2. The number of aromatic nitrogens is 1. The summed E-state index contributed by atoms with van der Waals surface area (Å²) < 4.78 is 33.8. The molecule has 29 heavy (non-hydrogen) atoms. The Labute approximate surface area is 166 Å². The Morgan fingerprint density at radius 2 is 1.83 bits per heavy atom. The highest BCUT2D eigenvalue weighted by atomic mass is 19.1. The van der Waals surface area contributed by atoms with Crippen LogP contribution >= 0.6 is 0 Å². The minimum Gasteiger partial charge on any atom is -0.505 e. The van der Waals surface area contributed by atoms with E-state index in [-0.39, 0.29) is 23.6 Å². The van der Waals surface area contributed by atoms with Crippen LogP contribution in [0.15, 0.2) is 36.4 Å². The molecule has 0 aliphatic carbocycles. The second-order valence-electron chi connectivity index (χ2n) is 6.92. The van der Waals surface area contributed by atoms with Crippen molar-refractivity contribution in [3.8, 4) is 5.75 Å². The van der Waals surface area contributed by atoms with Gasteiger partial charge in [0.25, 0.3) is 5.91 Å². The summed E-state index contributed by atoms with van der Waals surface area (Å²) in [6.45, 7) is 5.28. The van der Waals surface area contributed by atoms with Gasteiger partial charge in [-0.25, -0.2) is 8.78 Å². The molecule has 0 saturated heterocycles. The highest BCUT2D eigenvalue weighted by Crippen LogP contribution is 2.32. The summed E-state index contributed by atoms with van der Waals surface area (Å²) >= 11 is 0. The number of ether oxygens (including phenoxy) is 1. The summed E-state index contributed by atoms with van der Waals surface area (Å²) in [5.41, 5.74) is 1.28. The fourth-order valence-electron chi connectivity index (χ4n) is 3.19. The lowest BCUT2D eigenvalue weighted by molar-refractivity contribution is -0.147. The third-order valence-corrected chi connectivity index (χ3v) is 4.93. The number of nitrogens with zero attached hydrogens (tertiary/aromatic N) is 1. The zero-order chi connectivity index (χ0) is 21.3. The molecule has 5 nitrogen and oxygen atoms in total. The van der Waals surface area contributed by atoms with Crippen LogP contribution in [0.1, 0.15) is 41.9 Å². The Hall–Kier alpha value is -3.22. The smallest absolute Gasteiger partial charge is 0.310 e. The number of fused-ring (bicyclic) bond motifs is 1. The maximum Gasteiger partial charge on any atom is 0.310 e. The number of phenols is 1.